The Morgan fingerprint density at radius 3 is 2.60 bits per heavy atom. The van der Waals surface area contributed by atoms with Crippen molar-refractivity contribution in [3.63, 3.8) is 0 Å². The number of nitrogens with zero attached hydrogens (tertiary/aromatic N) is 2. The number of carbonyl (C=O) groups is 1. The molecule has 6 nitrogen and oxygen atoms in total. The second-order valence-electron chi connectivity index (χ2n) is 5.11. The van der Waals surface area contributed by atoms with E-state index in [0.29, 0.717) is 17.0 Å². The molecular formula is C14H16N2O4. The Hall–Kier alpha value is -1.92. The van der Waals surface area contributed by atoms with Crippen molar-refractivity contribution < 1.29 is 20.1 Å². The summed E-state index contributed by atoms with van der Waals surface area (Å²) < 4.78 is 1.70. The zero-order chi connectivity index (χ0) is 14.3. The topological polar surface area (TPSA) is 95.6 Å². The first-order valence-corrected chi connectivity index (χ1v) is 6.63. The van der Waals surface area contributed by atoms with Gasteiger partial charge in [-0.15, -0.1) is 0 Å². The van der Waals surface area contributed by atoms with Gasteiger partial charge < -0.3 is 19.9 Å². The van der Waals surface area contributed by atoms with E-state index in [1.165, 1.54) is 6.07 Å². The predicted octanol–water partition coefficient (Wildman–Crippen LogP) is 1.14. The molecule has 20 heavy (non-hydrogen) atoms. The number of carboxylic acids is 1. The maximum absolute atomic E-state index is 11.4. The third-order valence-corrected chi connectivity index (χ3v) is 3.70. The molecule has 0 atom stereocenters. The number of fused-ring (bicyclic) bond motifs is 1. The minimum atomic E-state index is -1.03. The lowest BCUT2D eigenvalue weighted by molar-refractivity contribution is 0.0697. The van der Waals surface area contributed by atoms with Gasteiger partial charge in [0.15, 0.2) is 0 Å². The van der Waals surface area contributed by atoms with Gasteiger partial charge in [0, 0.05) is 5.92 Å². The number of imidazole rings is 1. The van der Waals surface area contributed by atoms with Crippen molar-refractivity contribution >= 4 is 17.0 Å². The molecule has 106 valence electrons. The van der Waals surface area contributed by atoms with Gasteiger partial charge >= 0.3 is 5.97 Å². The lowest BCUT2D eigenvalue weighted by atomic mass is 10.1. The third kappa shape index (κ3) is 1.97. The van der Waals surface area contributed by atoms with Crippen LogP contribution in [0.5, 0.6) is 0 Å². The molecule has 0 bridgehead atoms. The highest BCUT2D eigenvalue weighted by Crippen LogP contribution is 2.42. The number of aliphatic hydroxyl groups excluding tert-OH is 2. The number of aromatic carboxylic acids is 1. The highest BCUT2D eigenvalue weighted by Gasteiger charge is 2.32. The smallest absolute Gasteiger partial charge is 0.337 e. The molecule has 3 N–H and O–H groups in total. The van der Waals surface area contributed by atoms with Gasteiger partial charge in [0.2, 0.25) is 0 Å². The SMILES string of the molecule is O=C(O)c1cccc2nc(C3CC3)n(C(CO)CO)c12. The number of hydrogen-bond donors (Lipinski definition) is 3. The molecule has 1 aromatic heterocycles. The van der Waals surface area contributed by atoms with Crippen LogP contribution in [0.25, 0.3) is 11.0 Å². The van der Waals surface area contributed by atoms with Crippen LogP contribution in [0.2, 0.25) is 0 Å². The van der Waals surface area contributed by atoms with E-state index in [2.05, 4.69) is 4.98 Å². The van der Waals surface area contributed by atoms with Crippen LogP contribution in [0.4, 0.5) is 0 Å². The fourth-order valence-electron chi connectivity index (χ4n) is 2.56. The first-order valence-electron chi connectivity index (χ1n) is 6.63. The van der Waals surface area contributed by atoms with Gasteiger partial charge in [-0.3, -0.25) is 0 Å². The average Bonchev–Trinajstić information content (AvgIpc) is 3.22. The van der Waals surface area contributed by atoms with Gasteiger partial charge in [-0.1, -0.05) is 6.07 Å². The quantitative estimate of drug-likeness (QED) is 0.761. The standard InChI is InChI=1S/C14H16N2O4/c17-6-9(7-18)16-12-10(14(19)20)2-1-3-11(12)15-13(16)8-4-5-8/h1-3,8-9,17-18H,4-7H2,(H,19,20). The van der Waals surface area contributed by atoms with E-state index < -0.39 is 12.0 Å². The van der Waals surface area contributed by atoms with E-state index in [4.69, 9.17) is 0 Å². The van der Waals surface area contributed by atoms with Gasteiger partial charge in [-0.25, -0.2) is 9.78 Å². The molecule has 0 unspecified atom stereocenters. The first-order chi connectivity index (χ1) is 9.67. The number of aromatic nitrogens is 2. The van der Waals surface area contributed by atoms with Crippen molar-refractivity contribution in [1.82, 2.24) is 9.55 Å². The minimum absolute atomic E-state index is 0.147. The molecule has 6 heteroatoms. The van der Waals surface area contributed by atoms with E-state index in [1.54, 1.807) is 16.7 Å². The number of rotatable bonds is 5. The number of para-hydroxylation sites is 1. The molecule has 0 radical (unpaired) electrons. The summed E-state index contributed by atoms with van der Waals surface area (Å²) in [6, 6.07) is 4.38. The van der Waals surface area contributed by atoms with Crippen LogP contribution in [-0.4, -0.2) is 44.1 Å². The fraction of sp³-hybridized carbons (Fsp3) is 0.429. The normalized spacial score (nSPS) is 15.2. The van der Waals surface area contributed by atoms with Crippen LogP contribution in [0, 0.1) is 0 Å². The van der Waals surface area contributed by atoms with Crippen molar-refractivity contribution in [2.75, 3.05) is 13.2 Å². The summed E-state index contributed by atoms with van der Waals surface area (Å²) in [6.45, 7) is -0.509. The Morgan fingerprint density at radius 1 is 1.35 bits per heavy atom. The Bertz CT molecular complexity index is 656. The molecule has 0 amide bonds. The summed E-state index contributed by atoms with van der Waals surface area (Å²) in [4.78, 5) is 15.9. The van der Waals surface area contributed by atoms with E-state index in [0.717, 1.165) is 18.7 Å². The van der Waals surface area contributed by atoms with E-state index >= 15 is 0 Å². The molecule has 1 aliphatic rings. The Morgan fingerprint density at radius 2 is 2.05 bits per heavy atom. The molecule has 3 rings (SSSR count). The predicted molar refractivity (Wildman–Crippen MR) is 71.9 cm³/mol. The van der Waals surface area contributed by atoms with Gasteiger partial charge in [-0.2, -0.15) is 0 Å². The van der Waals surface area contributed by atoms with Gasteiger partial charge in [-0.05, 0) is 25.0 Å². The average molecular weight is 276 g/mol. The molecule has 0 saturated heterocycles. The zero-order valence-corrected chi connectivity index (χ0v) is 10.9. The maximum atomic E-state index is 11.4. The molecule has 1 heterocycles. The lowest BCUT2D eigenvalue weighted by Crippen LogP contribution is -2.20. The van der Waals surface area contributed by atoms with Crippen molar-refractivity contribution in [3.05, 3.63) is 29.6 Å². The van der Waals surface area contributed by atoms with Crippen LogP contribution in [0.15, 0.2) is 18.2 Å². The van der Waals surface area contributed by atoms with Crippen molar-refractivity contribution in [2.45, 2.75) is 24.8 Å². The summed E-state index contributed by atoms with van der Waals surface area (Å²) >= 11 is 0. The van der Waals surface area contributed by atoms with E-state index in [-0.39, 0.29) is 18.8 Å². The number of aliphatic hydroxyl groups is 2. The van der Waals surface area contributed by atoms with Crippen LogP contribution in [0.3, 0.4) is 0 Å². The first kappa shape index (κ1) is 13.1. The van der Waals surface area contributed by atoms with Crippen molar-refractivity contribution in [2.24, 2.45) is 0 Å². The Labute approximate surface area is 115 Å². The summed E-state index contributed by atoms with van der Waals surface area (Å²) in [5, 5.41) is 28.2. The highest BCUT2D eigenvalue weighted by molar-refractivity contribution is 6.01. The second-order valence-corrected chi connectivity index (χ2v) is 5.11. The van der Waals surface area contributed by atoms with Gasteiger partial charge in [0.25, 0.3) is 0 Å². The maximum Gasteiger partial charge on any atom is 0.337 e. The van der Waals surface area contributed by atoms with E-state index in [9.17, 15) is 20.1 Å². The van der Waals surface area contributed by atoms with Gasteiger partial charge in [0.05, 0.1) is 35.9 Å². The Balaban J connectivity index is 2.31. The van der Waals surface area contributed by atoms with Crippen molar-refractivity contribution in [3.8, 4) is 0 Å². The second kappa shape index (κ2) is 4.88. The third-order valence-electron chi connectivity index (χ3n) is 3.70. The summed E-state index contributed by atoms with van der Waals surface area (Å²) in [5.74, 6) is 0.0279. The monoisotopic (exact) mass is 276 g/mol. The largest absolute Gasteiger partial charge is 0.478 e. The molecule has 1 aromatic carbocycles. The van der Waals surface area contributed by atoms with Crippen LogP contribution < -0.4 is 0 Å². The van der Waals surface area contributed by atoms with Crippen LogP contribution in [0.1, 0.15) is 41.0 Å². The molecule has 1 aliphatic carbocycles. The summed E-state index contributed by atoms with van der Waals surface area (Å²) in [5.41, 5.74) is 1.22. The van der Waals surface area contributed by atoms with Crippen molar-refractivity contribution in [1.29, 1.82) is 0 Å². The van der Waals surface area contributed by atoms with Crippen LogP contribution >= 0.6 is 0 Å². The molecule has 0 aliphatic heterocycles. The Kier molecular flexibility index (Phi) is 3.19. The van der Waals surface area contributed by atoms with Gasteiger partial charge in [0.1, 0.15) is 5.82 Å². The summed E-state index contributed by atoms with van der Waals surface area (Å²) in [7, 11) is 0. The zero-order valence-electron chi connectivity index (χ0n) is 10.9. The molecular weight excluding hydrogens is 260 g/mol. The van der Waals surface area contributed by atoms with E-state index in [1.807, 2.05) is 0 Å². The van der Waals surface area contributed by atoms with Crippen LogP contribution in [-0.2, 0) is 0 Å². The minimum Gasteiger partial charge on any atom is -0.478 e. The summed E-state index contributed by atoms with van der Waals surface area (Å²) in [6.07, 6.45) is 2.02. The molecule has 0 spiro atoms. The molecule has 1 fully saturated rings. The fourth-order valence-corrected chi connectivity index (χ4v) is 2.56. The highest BCUT2D eigenvalue weighted by atomic mass is 16.4. The molecule has 2 aromatic rings. The number of benzene rings is 1. The number of hydrogen-bond acceptors (Lipinski definition) is 4. The lowest BCUT2D eigenvalue weighted by Gasteiger charge is -2.18. The number of carboxylic acid groups (broad SMARTS) is 1. The molecule has 1 saturated carbocycles.